The molecule has 4 atom stereocenters. The second kappa shape index (κ2) is 6.87. The van der Waals surface area contributed by atoms with E-state index in [0.717, 1.165) is 43.4 Å². The summed E-state index contributed by atoms with van der Waals surface area (Å²) in [6, 6.07) is 5.20. The highest BCUT2D eigenvalue weighted by Crippen LogP contribution is 2.47. The van der Waals surface area contributed by atoms with E-state index in [0.29, 0.717) is 17.7 Å². The van der Waals surface area contributed by atoms with Crippen molar-refractivity contribution in [3.8, 4) is 5.75 Å². The van der Waals surface area contributed by atoms with Crippen LogP contribution in [0.25, 0.3) is 0 Å². The molecule has 148 valence electrons. The zero-order chi connectivity index (χ0) is 19.3. The highest BCUT2D eigenvalue weighted by molar-refractivity contribution is 5.92. The molecule has 2 unspecified atom stereocenters. The molecular weight excluding hydrogens is 366 g/mol. The Hall–Kier alpha value is -2.44. The number of benzene rings is 1. The number of rotatable bonds is 4. The van der Waals surface area contributed by atoms with E-state index in [1.165, 1.54) is 25.3 Å². The van der Waals surface area contributed by atoms with Gasteiger partial charge in [0.2, 0.25) is 0 Å². The molecule has 2 saturated heterocycles. The Morgan fingerprint density at radius 2 is 1.82 bits per heavy atom. The molecule has 4 aliphatic rings. The van der Waals surface area contributed by atoms with Crippen molar-refractivity contribution in [3.63, 3.8) is 0 Å². The number of hydrogen-bond donors (Lipinski definition) is 0. The molecule has 2 saturated carbocycles. The zero-order valence-corrected chi connectivity index (χ0v) is 15.4. The van der Waals surface area contributed by atoms with Crippen LogP contribution in [0, 0.1) is 29.4 Å². The van der Waals surface area contributed by atoms with Gasteiger partial charge in [-0.3, -0.25) is 4.79 Å². The summed E-state index contributed by atoms with van der Waals surface area (Å²) in [5, 5.41) is 3.93. The predicted octanol–water partition coefficient (Wildman–Crippen LogP) is 4.18. The quantitative estimate of drug-likeness (QED) is 0.788. The van der Waals surface area contributed by atoms with Crippen LogP contribution in [0.5, 0.6) is 5.75 Å². The van der Waals surface area contributed by atoms with Crippen molar-refractivity contribution in [2.45, 2.75) is 44.8 Å². The number of carbonyl (C=O) groups is 1. The molecule has 3 heterocycles. The summed E-state index contributed by atoms with van der Waals surface area (Å²) in [7, 11) is 0. The van der Waals surface area contributed by atoms with E-state index in [4.69, 9.17) is 9.26 Å². The van der Waals surface area contributed by atoms with Crippen molar-refractivity contribution in [3.05, 3.63) is 47.4 Å². The molecule has 2 aliphatic heterocycles. The zero-order valence-electron chi connectivity index (χ0n) is 15.4. The van der Waals surface area contributed by atoms with Crippen LogP contribution in [-0.2, 0) is 6.61 Å². The van der Waals surface area contributed by atoms with Crippen molar-refractivity contribution < 1.29 is 22.8 Å². The highest BCUT2D eigenvalue weighted by atomic mass is 19.2. The highest BCUT2D eigenvalue weighted by Gasteiger charge is 2.44. The number of fused-ring (bicyclic) bond motifs is 1. The molecule has 1 aromatic carbocycles. The Balaban J connectivity index is 1.26. The van der Waals surface area contributed by atoms with E-state index in [1.807, 2.05) is 4.90 Å². The molecule has 0 radical (unpaired) electrons. The third-order valence-electron chi connectivity index (χ3n) is 6.42. The summed E-state index contributed by atoms with van der Waals surface area (Å²) < 4.78 is 36.9. The summed E-state index contributed by atoms with van der Waals surface area (Å²) in [6.07, 6.45) is 6.00. The Morgan fingerprint density at radius 3 is 2.57 bits per heavy atom. The Bertz CT molecular complexity index is 886. The van der Waals surface area contributed by atoms with Gasteiger partial charge in [-0.1, -0.05) is 5.16 Å². The number of aromatic nitrogens is 1. The lowest BCUT2D eigenvalue weighted by Crippen LogP contribution is -2.42. The van der Waals surface area contributed by atoms with Crippen LogP contribution in [0.15, 0.2) is 28.8 Å². The molecule has 4 bridgehead atoms. The smallest absolute Gasteiger partial charge is 0.276 e. The van der Waals surface area contributed by atoms with Crippen LogP contribution in [-0.4, -0.2) is 28.6 Å². The Kier molecular flexibility index (Phi) is 4.33. The van der Waals surface area contributed by atoms with Crippen molar-refractivity contribution in [2.24, 2.45) is 17.8 Å². The molecule has 0 spiro atoms. The standard InChI is InChI=1S/C21H22F2N2O3/c22-18-2-1-16(8-19(18)23)27-11-17-9-20(24-28-17)21(26)25-10-14-4-12-3-13(5-14)7-15(25)6-12/h1-2,8-9,12-15H,3-7,10-11H2/t12-,13+,14?,15?. The molecule has 28 heavy (non-hydrogen) atoms. The third kappa shape index (κ3) is 3.27. The van der Waals surface area contributed by atoms with Gasteiger partial charge in [-0.2, -0.15) is 0 Å². The molecular formula is C21H22F2N2O3. The van der Waals surface area contributed by atoms with Crippen LogP contribution in [0.1, 0.15) is 48.4 Å². The average molecular weight is 388 g/mol. The lowest BCUT2D eigenvalue weighted by Gasteiger charge is -2.38. The normalized spacial score (nSPS) is 28.4. The molecule has 2 aromatic rings. The van der Waals surface area contributed by atoms with Gasteiger partial charge in [-0.15, -0.1) is 0 Å². The van der Waals surface area contributed by atoms with Gasteiger partial charge in [0.05, 0.1) is 0 Å². The van der Waals surface area contributed by atoms with Crippen molar-refractivity contribution in [1.29, 1.82) is 0 Å². The second-order valence-corrected chi connectivity index (χ2v) is 8.43. The molecule has 1 aromatic heterocycles. The fourth-order valence-corrected chi connectivity index (χ4v) is 5.38. The maximum Gasteiger partial charge on any atom is 0.276 e. The number of hydrogen-bond acceptors (Lipinski definition) is 4. The summed E-state index contributed by atoms with van der Waals surface area (Å²) >= 11 is 0. The molecule has 4 fully saturated rings. The molecule has 1 amide bonds. The van der Waals surface area contributed by atoms with Gasteiger partial charge in [0.25, 0.3) is 5.91 Å². The van der Waals surface area contributed by atoms with Gasteiger partial charge < -0.3 is 14.2 Å². The Morgan fingerprint density at radius 1 is 1.07 bits per heavy atom. The first-order chi connectivity index (χ1) is 13.5. The number of ether oxygens (including phenoxy) is 1. The topological polar surface area (TPSA) is 55.6 Å². The van der Waals surface area contributed by atoms with E-state index in [1.54, 1.807) is 6.07 Å². The minimum absolute atomic E-state index is 0.0123. The molecule has 5 nitrogen and oxygen atoms in total. The van der Waals surface area contributed by atoms with Gasteiger partial charge in [0.15, 0.2) is 23.1 Å². The van der Waals surface area contributed by atoms with Gasteiger partial charge in [-0.25, -0.2) is 8.78 Å². The van der Waals surface area contributed by atoms with Crippen LogP contribution < -0.4 is 4.74 Å². The largest absolute Gasteiger partial charge is 0.485 e. The fraction of sp³-hybridized carbons (Fsp3) is 0.524. The number of amides is 1. The minimum atomic E-state index is -0.976. The van der Waals surface area contributed by atoms with Gasteiger partial charge >= 0.3 is 0 Å². The van der Waals surface area contributed by atoms with Crippen molar-refractivity contribution >= 4 is 5.91 Å². The number of nitrogens with zero attached hydrogens (tertiary/aromatic N) is 2. The third-order valence-corrected chi connectivity index (χ3v) is 6.42. The monoisotopic (exact) mass is 388 g/mol. The Labute approximate surface area is 161 Å². The van der Waals surface area contributed by atoms with E-state index in [9.17, 15) is 13.6 Å². The lowest BCUT2D eigenvalue weighted by atomic mass is 9.68. The maximum absolute atomic E-state index is 13.3. The van der Waals surface area contributed by atoms with E-state index < -0.39 is 11.6 Å². The SMILES string of the molecule is O=C(c1cc(COc2ccc(F)c(F)c2)on1)N1CC2C[C@@H]3CC1C[C@H](C2)C3. The van der Waals surface area contributed by atoms with Gasteiger partial charge in [-0.05, 0) is 62.0 Å². The molecule has 7 heteroatoms. The average Bonchev–Trinajstić information content (AvgIpc) is 3.06. The van der Waals surface area contributed by atoms with Gasteiger partial charge in [0, 0.05) is 24.7 Å². The first-order valence-electron chi connectivity index (χ1n) is 9.89. The number of carbonyl (C=O) groups excluding carboxylic acids is 1. The lowest BCUT2D eigenvalue weighted by molar-refractivity contribution is 0.0622. The van der Waals surface area contributed by atoms with Crippen LogP contribution in [0.3, 0.4) is 0 Å². The molecule has 6 rings (SSSR count). The summed E-state index contributed by atoms with van der Waals surface area (Å²) in [4.78, 5) is 15.1. The van der Waals surface area contributed by atoms with Crippen molar-refractivity contribution in [2.75, 3.05) is 6.54 Å². The van der Waals surface area contributed by atoms with E-state index in [-0.39, 0.29) is 24.0 Å². The first-order valence-corrected chi connectivity index (χ1v) is 9.89. The van der Waals surface area contributed by atoms with Crippen LogP contribution in [0.2, 0.25) is 0 Å². The molecule has 2 aliphatic carbocycles. The van der Waals surface area contributed by atoms with Gasteiger partial charge in [0.1, 0.15) is 12.4 Å². The number of halogens is 2. The maximum atomic E-state index is 13.3. The summed E-state index contributed by atoms with van der Waals surface area (Å²) in [5.74, 6) is 0.688. The van der Waals surface area contributed by atoms with E-state index in [2.05, 4.69) is 5.16 Å². The predicted molar refractivity (Wildman–Crippen MR) is 95.6 cm³/mol. The minimum Gasteiger partial charge on any atom is -0.485 e. The first kappa shape index (κ1) is 17.6. The fourth-order valence-electron chi connectivity index (χ4n) is 5.38. The van der Waals surface area contributed by atoms with Crippen LogP contribution in [0.4, 0.5) is 8.78 Å². The van der Waals surface area contributed by atoms with Crippen LogP contribution >= 0.6 is 0 Å². The van der Waals surface area contributed by atoms with E-state index >= 15 is 0 Å². The molecule has 0 N–H and O–H groups in total. The summed E-state index contributed by atoms with van der Waals surface area (Å²) in [5.41, 5.74) is 0.283. The van der Waals surface area contributed by atoms with Crippen molar-refractivity contribution in [1.82, 2.24) is 10.1 Å². The summed E-state index contributed by atoms with van der Waals surface area (Å²) in [6.45, 7) is 0.797. The second-order valence-electron chi connectivity index (χ2n) is 8.43.